The molecule has 0 saturated heterocycles. The minimum absolute atomic E-state index is 0.171. The lowest BCUT2D eigenvalue weighted by molar-refractivity contribution is 0.866. The van der Waals surface area contributed by atoms with Gasteiger partial charge in [0.2, 0.25) is 0 Å². The summed E-state index contributed by atoms with van der Waals surface area (Å²) in [6.45, 7) is 6.97. The minimum atomic E-state index is -0.171. The van der Waals surface area contributed by atoms with Gasteiger partial charge in [0.1, 0.15) is 0 Å². The van der Waals surface area contributed by atoms with Gasteiger partial charge in [0, 0.05) is 30.7 Å². The van der Waals surface area contributed by atoms with Gasteiger partial charge in [-0.2, -0.15) is 5.10 Å². The predicted octanol–water partition coefficient (Wildman–Crippen LogP) is 3.89. The molecule has 0 aliphatic carbocycles. The number of nitrogens with one attached hydrogen (secondary N) is 2. The van der Waals surface area contributed by atoms with Gasteiger partial charge in [-0.15, -0.1) is 0 Å². The number of benzene rings is 2. The van der Waals surface area contributed by atoms with E-state index in [9.17, 15) is 4.79 Å². The molecule has 0 aliphatic rings. The van der Waals surface area contributed by atoms with Crippen LogP contribution in [0.2, 0.25) is 0 Å². The number of aromatic nitrogens is 2. The SMILES string of the molecule is CCN(CC)c1ccc(/C=C/CNc2n[nH]c(=O)c3ccccc23)cc1. The van der Waals surface area contributed by atoms with Crippen LogP contribution < -0.4 is 15.8 Å². The molecule has 1 heterocycles. The van der Waals surface area contributed by atoms with Crippen LogP contribution in [0.4, 0.5) is 11.5 Å². The molecule has 2 aromatic carbocycles. The molecule has 0 saturated carbocycles. The molecule has 0 amide bonds. The number of nitrogens with zero attached hydrogens (tertiary/aromatic N) is 2. The molecule has 0 atom stereocenters. The highest BCUT2D eigenvalue weighted by Crippen LogP contribution is 2.17. The van der Waals surface area contributed by atoms with E-state index in [2.05, 4.69) is 64.6 Å². The average Bonchev–Trinajstić information content (AvgIpc) is 2.69. The molecule has 3 aromatic rings. The molecule has 0 aliphatic heterocycles. The summed E-state index contributed by atoms with van der Waals surface area (Å²) in [6, 6.07) is 16.0. The highest BCUT2D eigenvalue weighted by Gasteiger charge is 2.04. The second-order valence-electron chi connectivity index (χ2n) is 5.99. The van der Waals surface area contributed by atoms with Gasteiger partial charge in [-0.25, -0.2) is 5.10 Å². The second kappa shape index (κ2) is 8.34. The van der Waals surface area contributed by atoms with Gasteiger partial charge in [0.15, 0.2) is 5.82 Å². The van der Waals surface area contributed by atoms with Crippen LogP contribution >= 0.6 is 0 Å². The standard InChI is InChI=1S/C21H24N4O/c1-3-25(4-2)17-13-11-16(12-14-17)8-7-15-22-20-18-9-5-6-10-19(18)21(26)24-23-20/h5-14H,3-4,15H2,1-2H3,(H,22,23)(H,24,26)/b8-7+. The first-order valence-corrected chi connectivity index (χ1v) is 8.95. The Labute approximate surface area is 153 Å². The van der Waals surface area contributed by atoms with Crippen LogP contribution in [0.5, 0.6) is 0 Å². The number of aromatic amines is 1. The average molecular weight is 348 g/mol. The fourth-order valence-electron chi connectivity index (χ4n) is 2.99. The van der Waals surface area contributed by atoms with E-state index >= 15 is 0 Å². The summed E-state index contributed by atoms with van der Waals surface area (Å²) in [4.78, 5) is 14.1. The first-order chi connectivity index (χ1) is 12.7. The van der Waals surface area contributed by atoms with Crippen molar-refractivity contribution in [3.05, 3.63) is 70.5 Å². The fraction of sp³-hybridized carbons (Fsp3) is 0.238. The quantitative estimate of drug-likeness (QED) is 0.680. The van der Waals surface area contributed by atoms with Gasteiger partial charge in [-0.3, -0.25) is 4.79 Å². The lowest BCUT2D eigenvalue weighted by Crippen LogP contribution is -2.21. The van der Waals surface area contributed by atoms with Crippen molar-refractivity contribution in [1.29, 1.82) is 0 Å². The molecule has 0 spiro atoms. The Kier molecular flexibility index (Phi) is 5.69. The van der Waals surface area contributed by atoms with Crippen LogP contribution in [0.1, 0.15) is 19.4 Å². The maximum atomic E-state index is 11.8. The number of hydrogen-bond donors (Lipinski definition) is 2. The van der Waals surface area contributed by atoms with Crippen LogP contribution in [-0.4, -0.2) is 29.8 Å². The molecule has 0 fully saturated rings. The number of fused-ring (bicyclic) bond motifs is 1. The Morgan fingerprint density at radius 2 is 1.73 bits per heavy atom. The van der Waals surface area contributed by atoms with Crippen molar-refractivity contribution >= 4 is 28.4 Å². The van der Waals surface area contributed by atoms with E-state index < -0.39 is 0 Å². The lowest BCUT2D eigenvalue weighted by atomic mass is 10.1. The minimum Gasteiger partial charge on any atom is -0.372 e. The third kappa shape index (κ3) is 3.94. The van der Waals surface area contributed by atoms with Crippen molar-refractivity contribution in [3.63, 3.8) is 0 Å². The molecule has 5 heteroatoms. The monoisotopic (exact) mass is 348 g/mol. The second-order valence-corrected chi connectivity index (χ2v) is 5.99. The fourth-order valence-corrected chi connectivity index (χ4v) is 2.99. The number of hydrogen-bond acceptors (Lipinski definition) is 4. The molecular weight excluding hydrogens is 324 g/mol. The van der Waals surface area contributed by atoms with Crippen LogP contribution in [0.25, 0.3) is 16.8 Å². The van der Waals surface area contributed by atoms with E-state index in [1.807, 2.05) is 24.3 Å². The van der Waals surface area contributed by atoms with Crippen LogP contribution in [0, 0.1) is 0 Å². The summed E-state index contributed by atoms with van der Waals surface area (Å²) in [6.07, 6.45) is 4.13. The number of rotatable bonds is 7. The summed E-state index contributed by atoms with van der Waals surface area (Å²) in [5.41, 5.74) is 2.23. The maximum Gasteiger partial charge on any atom is 0.272 e. The smallest absolute Gasteiger partial charge is 0.272 e. The summed E-state index contributed by atoms with van der Waals surface area (Å²) < 4.78 is 0. The molecule has 0 unspecified atom stereocenters. The van der Waals surface area contributed by atoms with Gasteiger partial charge >= 0.3 is 0 Å². The van der Waals surface area contributed by atoms with E-state index in [0.717, 1.165) is 24.0 Å². The van der Waals surface area contributed by atoms with Gasteiger partial charge in [-0.05, 0) is 37.6 Å². The van der Waals surface area contributed by atoms with Crippen molar-refractivity contribution in [2.75, 3.05) is 29.9 Å². The maximum absolute atomic E-state index is 11.8. The normalized spacial score (nSPS) is 11.2. The Morgan fingerprint density at radius 1 is 1.04 bits per heavy atom. The molecule has 0 radical (unpaired) electrons. The Morgan fingerprint density at radius 3 is 2.42 bits per heavy atom. The number of anilines is 2. The molecule has 134 valence electrons. The Bertz CT molecular complexity index is 940. The van der Waals surface area contributed by atoms with Crippen molar-refractivity contribution in [3.8, 4) is 0 Å². The van der Waals surface area contributed by atoms with Gasteiger partial charge in [-0.1, -0.05) is 42.5 Å². The molecule has 3 rings (SSSR count). The van der Waals surface area contributed by atoms with E-state index in [4.69, 9.17) is 0 Å². The summed E-state index contributed by atoms with van der Waals surface area (Å²) in [5, 5.41) is 11.4. The third-order valence-electron chi connectivity index (χ3n) is 4.42. The molecule has 1 aromatic heterocycles. The van der Waals surface area contributed by atoms with Crippen molar-refractivity contribution < 1.29 is 0 Å². The zero-order valence-corrected chi connectivity index (χ0v) is 15.2. The van der Waals surface area contributed by atoms with Crippen molar-refractivity contribution in [2.45, 2.75) is 13.8 Å². The van der Waals surface area contributed by atoms with E-state index in [0.29, 0.717) is 17.7 Å². The topological polar surface area (TPSA) is 61.0 Å². The van der Waals surface area contributed by atoms with Crippen LogP contribution in [0.15, 0.2) is 59.4 Å². The highest BCUT2D eigenvalue weighted by molar-refractivity contribution is 5.90. The van der Waals surface area contributed by atoms with Crippen LogP contribution in [-0.2, 0) is 0 Å². The molecule has 5 nitrogen and oxygen atoms in total. The summed E-state index contributed by atoms with van der Waals surface area (Å²) in [7, 11) is 0. The first-order valence-electron chi connectivity index (χ1n) is 8.95. The van der Waals surface area contributed by atoms with Crippen LogP contribution in [0.3, 0.4) is 0 Å². The number of H-pyrrole nitrogens is 1. The van der Waals surface area contributed by atoms with E-state index in [1.54, 1.807) is 6.07 Å². The van der Waals surface area contributed by atoms with Gasteiger partial charge < -0.3 is 10.2 Å². The zero-order valence-electron chi connectivity index (χ0n) is 15.2. The zero-order chi connectivity index (χ0) is 18.4. The molecular formula is C21H24N4O. The summed E-state index contributed by atoms with van der Waals surface area (Å²) >= 11 is 0. The molecule has 26 heavy (non-hydrogen) atoms. The Balaban J connectivity index is 1.65. The van der Waals surface area contributed by atoms with Gasteiger partial charge in [0.25, 0.3) is 5.56 Å². The Hall–Kier alpha value is -3.08. The predicted molar refractivity (Wildman–Crippen MR) is 110 cm³/mol. The van der Waals surface area contributed by atoms with Crippen molar-refractivity contribution in [2.24, 2.45) is 0 Å². The van der Waals surface area contributed by atoms with Gasteiger partial charge in [0.05, 0.1) is 5.39 Å². The molecule has 0 bridgehead atoms. The highest BCUT2D eigenvalue weighted by atomic mass is 16.1. The van der Waals surface area contributed by atoms with E-state index in [1.165, 1.54) is 5.69 Å². The molecule has 2 N–H and O–H groups in total. The lowest BCUT2D eigenvalue weighted by Gasteiger charge is -2.20. The van der Waals surface area contributed by atoms with E-state index in [-0.39, 0.29) is 5.56 Å². The first kappa shape index (κ1) is 17.7. The van der Waals surface area contributed by atoms with Crippen molar-refractivity contribution in [1.82, 2.24) is 10.2 Å². The third-order valence-corrected chi connectivity index (χ3v) is 4.42. The largest absolute Gasteiger partial charge is 0.372 e. The summed E-state index contributed by atoms with van der Waals surface area (Å²) in [5.74, 6) is 0.682.